The van der Waals surface area contributed by atoms with Gasteiger partial charge >= 0.3 is 0 Å². The first-order chi connectivity index (χ1) is 7.17. The van der Waals surface area contributed by atoms with Gasteiger partial charge in [0, 0.05) is 29.6 Å². The first kappa shape index (κ1) is 13.2. The average Bonchev–Trinajstić information content (AvgIpc) is 2.67. The first-order valence-corrected chi connectivity index (χ1v) is 7.50. The van der Waals surface area contributed by atoms with Crippen LogP contribution >= 0.6 is 31.9 Å². The molecule has 1 rings (SSSR count). The summed E-state index contributed by atoms with van der Waals surface area (Å²) >= 11 is 7.25. The van der Waals surface area contributed by atoms with Crippen LogP contribution in [0.4, 0.5) is 0 Å². The Kier molecular flexibility index (Phi) is 5.33. The second kappa shape index (κ2) is 6.04. The zero-order valence-corrected chi connectivity index (χ0v) is 12.5. The predicted molar refractivity (Wildman–Crippen MR) is 71.8 cm³/mol. The minimum Gasteiger partial charge on any atom is -0.273 e. The number of halogens is 2. The summed E-state index contributed by atoms with van der Waals surface area (Å²) in [6, 6.07) is 2.10. The SMILES string of the molecule is CCC(CBr)(CBr)CCc1ccnn1C. The van der Waals surface area contributed by atoms with E-state index in [0.29, 0.717) is 5.41 Å². The first-order valence-electron chi connectivity index (χ1n) is 5.26. The van der Waals surface area contributed by atoms with Crippen molar-refractivity contribution in [3.63, 3.8) is 0 Å². The van der Waals surface area contributed by atoms with Gasteiger partial charge in [-0.05, 0) is 30.7 Å². The monoisotopic (exact) mass is 336 g/mol. The Morgan fingerprint density at radius 2 is 2.07 bits per heavy atom. The number of hydrogen-bond acceptors (Lipinski definition) is 1. The molecule has 0 aromatic carbocycles. The van der Waals surface area contributed by atoms with E-state index in [4.69, 9.17) is 0 Å². The predicted octanol–water partition coefficient (Wildman–Crippen LogP) is 3.54. The van der Waals surface area contributed by atoms with Crippen LogP contribution in [0.1, 0.15) is 25.5 Å². The molecule has 1 aromatic heterocycles. The van der Waals surface area contributed by atoms with Gasteiger partial charge in [-0.3, -0.25) is 4.68 Å². The van der Waals surface area contributed by atoms with Crippen molar-refractivity contribution < 1.29 is 0 Å². The lowest BCUT2D eigenvalue weighted by Gasteiger charge is -2.28. The number of hydrogen-bond donors (Lipinski definition) is 0. The van der Waals surface area contributed by atoms with Crippen molar-refractivity contribution in [1.82, 2.24) is 9.78 Å². The van der Waals surface area contributed by atoms with Crippen molar-refractivity contribution in [3.05, 3.63) is 18.0 Å². The Balaban J connectivity index is 2.58. The highest BCUT2D eigenvalue weighted by Gasteiger charge is 2.25. The molecule has 0 saturated heterocycles. The maximum atomic E-state index is 4.19. The molecule has 0 N–H and O–H groups in total. The van der Waals surface area contributed by atoms with Gasteiger partial charge in [0.05, 0.1) is 0 Å². The second-order valence-corrected chi connectivity index (χ2v) is 5.19. The van der Waals surface area contributed by atoms with Crippen LogP contribution in [0, 0.1) is 5.41 Å². The highest BCUT2D eigenvalue weighted by atomic mass is 79.9. The largest absolute Gasteiger partial charge is 0.273 e. The van der Waals surface area contributed by atoms with Crippen LogP contribution in [-0.2, 0) is 13.5 Å². The van der Waals surface area contributed by atoms with Gasteiger partial charge in [0.25, 0.3) is 0 Å². The molecule has 0 spiro atoms. The lowest BCUT2D eigenvalue weighted by molar-refractivity contribution is 0.342. The molecule has 0 unspecified atom stereocenters. The van der Waals surface area contributed by atoms with Gasteiger partial charge in [0.2, 0.25) is 0 Å². The van der Waals surface area contributed by atoms with E-state index < -0.39 is 0 Å². The van der Waals surface area contributed by atoms with Crippen LogP contribution < -0.4 is 0 Å². The molecule has 86 valence electrons. The normalized spacial score (nSPS) is 12.0. The molecule has 0 radical (unpaired) electrons. The quantitative estimate of drug-likeness (QED) is 0.726. The number of alkyl halides is 2. The van der Waals surface area contributed by atoms with Crippen molar-refractivity contribution >= 4 is 31.9 Å². The molecule has 15 heavy (non-hydrogen) atoms. The number of aryl methyl sites for hydroxylation is 2. The Hall–Kier alpha value is 0.170. The van der Waals surface area contributed by atoms with Crippen LogP contribution in [-0.4, -0.2) is 20.4 Å². The van der Waals surface area contributed by atoms with E-state index in [2.05, 4.69) is 49.9 Å². The summed E-state index contributed by atoms with van der Waals surface area (Å²) in [6.07, 6.45) is 5.35. The summed E-state index contributed by atoms with van der Waals surface area (Å²) in [4.78, 5) is 0. The molecule has 1 heterocycles. The average molecular weight is 338 g/mol. The Morgan fingerprint density at radius 1 is 1.40 bits per heavy atom. The van der Waals surface area contributed by atoms with Crippen LogP contribution in [0.25, 0.3) is 0 Å². The fourth-order valence-electron chi connectivity index (χ4n) is 1.57. The zero-order valence-electron chi connectivity index (χ0n) is 9.34. The lowest BCUT2D eigenvalue weighted by Crippen LogP contribution is -2.25. The van der Waals surface area contributed by atoms with E-state index in [9.17, 15) is 0 Å². The summed E-state index contributed by atoms with van der Waals surface area (Å²) in [5, 5.41) is 6.30. The fourth-order valence-corrected chi connectivity index (χ4v) is 3.86. The third-order valence-corrected chi connectivity index (χ3v) is 5.53. The summed E-state index contributed by atoms with van der Waals surface area (Å²) in [5.74, 6) is 0. The molecule has 0 saturated carbocycles. The van der Waals surface area contributed by atoms with Gasteiger partial charge in [0.1, 0.15) is 0 Å². The van der Waals surface area contributed by atoms with E-state index in [0.717, 1.165) is 17.1 Å². The van der Waals surface area contributed by atoms with Crippen molar-refractivity contribution in [2.75, 3.05) is 10.7 Å². The number of nitrogens with zero attached hydrogens (tertiary/aromatic N) is 2. The van der Waals surface area contributed by atoms with E-state index in [1.807, 2.05) is 17.9 Å². The van der Waals surface area contributed by atoms with Gasteiger partial charge in [-0.15, -0.1) is 0 Å². The molecular weight excluding hydrogens is 320 g/mol. The molecule has 1 aromatic rings. The maximum absolute atomic E-state index is 4.19. The van der Waals surface area contributed by atoms with Gasteiger partial charge in [-0.2, -0.15) is 5.10 Å². The van der Waals surface area contributed by atoms with Crippen LogP contribution in [0.2, 0.25) is 0 Å². The van der Waals surface area contributed by atoms with Crippen molar-refractivity contribution in [1.29, 1.82) is 0 Å². The Bertz CT molecular complexity index is 284. The summed E-state index contributed by atoms with van der Waals surface area (Å²) in [6.45, 7) is 2.26. The van der Waals surface area contributed by atoms with Crippen molar-refractivity contribution in [3.8, 4) is 0 Å². The molecule has 0 amide bonds. The molecule has 0 bridgehead atoms. The topological polar surface area (TPSA) is 17.8 Å². The van der Waals surface area contributed by atoms with Crippen molar-refractivity contribution in [2.45, 2.75) is 26.2 Å². The highest BCUT2D eigenvalue weighted by Crippen LogP contribution is 2.32. The molecule has 0 fully saturated rings. The molecule has 0 aliphatic carbocycles. The smallest absolute Gasteiger partial charge is 0.0492 e. The Labute approximate surface area is 109 Å². The molecule has 0 atom stereocenters. The summed E-state index contributed by atoms with van der Waals surface area (Å²) in [5.41, 5.74) is 1.69. The second-order valence-electron chi connectivity index (χ2n) is 4.07. The van der Waals surface area contributed by atoms with Gasteiger partial charge < -0.3 is 0 Å². The fraction of sp³-hybridized carbons (Fsp3) is 0.727. The van der Waals surface area contributed by atoms with Gasteiger partial charge in [-0.25, -0.2) is 0 Å². The molecule has 4 heteroatoms. The minimum absolute atomic E-state index is 0.379. The zero-order chi connectivity index (χ0) is 11.3. The van der Waals surface area contributed by atoms with Crippen molar-refractivity contribution in [2.24, 2.45) is 12.5 Å². The van der Waals surface area contributed by atoms with E-state index in [1.165, 1.54) is 18.5 Å². The van der Waals surface area contributed by atoms with Gasteiger partial charge in [0.15, 0.2) is 0 Å². The minimum atomic E-state index is 0.379. The molecule has 0 aliphatic heterocycles. The van der Waals surface area contributed by atoms with Crippen LogP contribution in [0.15, 0.2) is 12.3 Å². The van der Waals surface area contributed by atoms with E-state index in [-0.39, 0.29) is 0 Å². The number of aromatic nitrogens is 2. The maximum Gasteiger partial charge on any atom is 0.0492 e. The van der Waals surface area contributed by atoms with E-state index in [1.54, 1.807) is 0 Å². The summed E-state index contributed by atoms with van der Waals surface area (Å²) in [7, 11) is 2.01. The van der Waals surface area contributed by atoms with Gasteiger partial charge in [-0.1, -0.05) is 38.8 Å². The third kappa shape index (κ3) is 3.31. The molecule has 2 nitrogen and oxygen atoms in total. The lowest BCUT2D eigenvalue weighted by atomic mass is 9.84. The van der Waals surface area contributed by atoms with Crippen LogP contribution in [0.3, 0.4) is 0 Å². The van der Waals surface area contributed by atoms with Crippen LogP contribution in [0.5, 0.6) is 0 Å². The third-order valence-electron chi connectivity index (χ3n) is 3.15. The van der Waals surface area contributed by atoms with E-state index >= 15 is 0 Å². The Morgan fingerprint density at radius 3 is 2.47 bits per heavy atom. The standard InChI is InChI=1S/C11H18Br2N2/c1-3-11(8-12,9-13)6-4-10-5-7-14-15(10)2/h5,7H,3-4,6,8-9H2,1-2H3. The number of rotatable bonds is 6. The molecular formula is C11H18Br2N2. The highest BCUT2D eigenvalue weighted by molar-refractivity contribution is 9.09. The molecule has 0 aliphatic rings. The summed E-state index contributed by atoms with van der Waals surface area (Å²) < 4.78 is 1.96.